The molecule has 4 rings (SSSR count). The number of halogens is 2. The minimum absolute atomic E-state index is 0. The van der Waals surface area contributed by atoms with Crippen LogP contribution in [-0.4, -0.2) is 32.8 Å². The van der Waals surface area contributed by atoms with Crippen LogP contribution in [0.15, 0.2) is 54.6 Å². The zero-order valence-corrected chi connectivity index (χ0v) is 21.7. The van der Waals surface area contributed by atoms with Crippen molar-refractivity contribution in [2.45, 2.75) is 31.5 Å². The van der Waals surface area contributed by atoms with Gasteiger partial charge in [0.15, 0.2) is 0 Å². The summed E-state index contributed by atoms with van der Waals surface area (Å²) in [6.07, 6.45) is 12.0. The predicted molar refractivity (Wildman–Crippen MR) is 126 cm³/mol. The van der Waals surface area contributed by atoms with Gasteiger partial charge >= 0.3 is 35.6 Å². The average Bonchev–Trinajstić information content (AvgIpc) is 3.08. The fourth-order valence-electron chi connectivity index (χ4n) is 5.30. The molecule has 0 radical (unpaired) electrons. The van der Waals surface area contributed by atoms with Crippen molar-refractivity contribution in [2.24, 2.45) is 17.8 Å². The molecule has 1 heterocycles. The van der Waals surface area contributed by atoms with E-state index in [0.29, 0.717) is 18.5 Å². The van der Waals surface area contributed by atoms with Crippen LogP contribution in [0.3, 0.4) is 0 Å². The Morgan fingerprint density at radius 1 is 1.07 bits per heavy atom. The third-order valence-electron chi connectivity index (χ3n) is 6.51. The summed E-state index contributed by atoms with van der Waals surface area (Å²) in [6, 6.07) is 11.1. The normalized spacial score (nSPS) is 29.0. The van der Waals surface area contributed by atoms with Crippen LogP contribution in [-0.2, 0) is 23.5 Å². The van der Waals surface area contributed by atoms with Crippen LogP contribution in [0.1, 0.15) is 12.0 Å². The zero-order chi connectivity index (χ0) is 20.0. The molecule has 1 aliphatic heterocycles. The summed E-state index contributed by atoms with van der Waals surface area (Å²) < 4.78 is 2.62. The van der Waals surface area contributed by atoms with Crippen LogP contribution >= 0.6 is 18.6 Å². The number of allylic oxidation sites excluding steroid dienone is 4. The maximum absolute atomic E-state index is 4.89. The van der Waals surface area contributed by atoms with Crippen LogP contribution in [0, 0.1) is 25.2 Å². The number of hydrogen-bond donors (Lipinski definition) is 0. The van der Waals surface area contributed by atoms with Crippen LogP contribution in [0.5, 0.6) is 0 Å². The topological polar surface area (TPSA) is 31.4 Å². The average molecular weight is 485 g/mol. The molecule has 156 valence electrons. The fraction of sp³-hybridized carbons (Fsp3) is 0.500. The van der Waals surface area contributed by atoms with Gasteiger partial charge in [-0.25, -0.2) is 0 Å². The summed E-state index contributed by atoms with van der Waals surface area (Å²) >= 11 is -0.556. The van der Waals surface area contributed by atoms with E-state index in [0.717, 1.165) is 24.8 Å². The first-order chi connectivity index (χ1) is 13.6. The summed E-state index contributed by atoms with van der Waals surface area (Å²) in [6.45, 7) is 7.57. The molecule has 0 bridgehead atoms. The van der Waals surface area contributed by atoms with E-state index in [9.17, 15) is 0 Å². The summed E-state index contributed by atoms with van der Waals surface area (Å²) in [4.78, 5) is 0. The fourth-order valence-corrected chi connectivity index (χ4v) is 9.36. The second kappa shape index (κ2) is 12.2. The van der Waals surface area contributed by atoms with Crippen molar-refractivity contribution in [3.8, 4) is 0 Å². The van der Waals surface area contributed by atoms with Gasteiger partial charge in [-0.3, -0.25) is 6.67 Å². The van der Waals surface area contributed by atoms with Gasteiger partial charge in [0.25, 0.3) is 0 Å². The van der Waals surface area contributed by atoms with Gasteiger partial charge in [0.1, 0.15) is 8.24 Å². The van der Waals surface area contributed by atoms with Crippen molar-refractivity contribution in [3.63, 3.8) is 0 Å². The van der Waals surface area contributed by atoms with E-state index in [1.165, 1.54) is 18.4 Å². The van der Waals surface area contributed by atoms with Gasteiger partial charge in [0.05, 0.1) is 0 Å². The summed E-state index contributed by atoms with van der Waals surface area (Å²) in [5.41, 5.74) is 2.25. The van der Waals surface area contributed by atoms with Crippen LogP contribution in [0.4, 0.5) is 0 Å². The van der Waals surface area contributed by atoms with Crippen LogP contribution in [0.2, 0.25) is 18.6 Å². The molecule has 0 spiro atoms. The quantitative estimate of drug-likeness (QED) is 0.336. The molecule has 1 aromatic carbocycles. The number of hydrogen-bond acceptors (Lipinski definition) is 1. The molecular weight excluding hydrogens is 453 g/mol. The summed E-state index contributed by atoms with van der Waals surface area (Å²) in [5.74, 6) is 2.17. The van der Waals surface area contributed by atoms with Crippen molar-refractivity contribution in [1.29, 1.82) is 0 Å². The Morgan fingerprint density at radius 3 is 2.34 bits per heavy atom. The third kappa shape index (κ3) is 6.30. The van der Waals surface area contributed by atoms with Gasteiger partial charge in [-0.15, -0.1) is 13.3 Å². The Hall–Kier alpha value is 0.0912. The Labute approximate surface area is 195 Å². The maximum atomic E-state index is 4.89. The Bertz CT molecular complexity index is 665. The molecule has 1 saturated heterocycles. The molecule has 2 aliphatic carbocycles. The summed E-state index contributed by atoms with van der Waals surface area (Å²) in [7, 11) is 8.14. The Kier molecular flexibility index (Phi) is 10.7. The molecule has 1 aromatic rings. The van der Waals surface area contributed by atoms with E-state index in [4.69, 9.17) is 18.6 Å². The van der Waals surface area contributed by atoms with E-state index >= 15 is 0 Å². The zero-order valence-electron chi connectivity index (χ0n) is 17.6. The molecule has 29 heavy (non-hydrogen) atoms. The Morgan fingerprint density at radius 2 is 1.69 bits per heavy atom. The number of rotatable bonds is 4. The van der Waals surface area contributed by atoms with E-state index in [1.807, 2.05) is 0 Å². The SMILES string of the molecule is C[Si](C)(C1C(Cc2ccccc2)CC2C=CC=CC21)N1C[N-]C[N-]C1.[CH3-].[Cl][Ti+4][Cl]. The standard InChI is InChI=1S/C21H29N3Si.CH3.2ClH.Ti/c1-25(2,24-15-22-14-23-16-24)21-19(12-17-8-4-3-5-9-17)13-18-10-6-7-11-20(18)21;;;;/h3-11,18-21H,12-16H2,1-2H3;1H3;2*1H;/q-2;-1;;;+6/p-2. The number of fused-ring (bicyclic) bond motifs is 1. The molecule has 1 saturated carbocycles. The van der Waals surface area contributed by atoms with Crippen LogP contribution in [0.25, 0.3) is 10.6 Å². The van der Waals surface area contributed by atoms with Gasteiger partial charge in [-0.1, -0.05) is 67.7 Å². The van der Waals surface area contributed by atoms with E-state index in [1.54, 1.807) is 0 Å². The van der Waals surface area contributed by atoms with Gasteiger partial charge in [-0.05, 0) is 41.7 Å². The van der Waals surface area contributed by atoms with Crippen molar-refractivity contribution in [2.75, 3.05) is 20.0 Å². The number of benzene rings is 1. The van der Waals surface area contributed by atoms with Gasteiger partial charge in [0.2, 0.25) is 0 Å². The van der Waals surface area contributed by atoms with E-state index < -0.39 is 25.3 Å². The van der Waals surface area contributed by atoms with Gasteiger partial charge in [-0.2, -0.15) is 0 Å². The van der Waals surface area contributed by atoms with E-state index in [2.05, 4.69) is 82.9 Å². The molecule has 3 aliphatic rings. The third-order valence-corrected chi connectivity index (χ3v) is 10.9. The first-order valence-electron chi connectivity index (χ1n) is 9.94. The second-order valence-electron chi connectivity index (χ2n) is 8.36. The van der Waals surface area contributed by atoms with Crippen LogP contribution < -0.4 is 0 Å². The minimum atomic E-state index is -1.63. The molecule has 7 heteroatoms. The molecule has 0 N–H and O–H groups in total. The number of nitrogens with zero attached hydrogens (tertiary/aromatic N) is 3. The molecular formula is C22H32Cl2N3SiTi+. The van der Waals surface area contributed by atoms with E-state index in [-0.39, 0.29) is 7.43 Å². The van der Waals surface area contributed by atoms with Gasteiger partial charge in [0, 0.05) is 0 Å². The first kappa shape index (κ1) is 25.4. The second-order valence-corrected chi connectivity index (χ2v) is 15.5. The molecule has 3 nitrogen and oxygen atoms in total. The monoisotopic (exact) mass is 484 g/mol. The summed E-state index contributed by atoms with van der Waals surface area (Å²) in [5, 5.41) is 9.14. The Balaban J connectivity index is 0.000000708. The molecule has 0 amide bonds. The first-order valence-corrected chi connectivity index (χ1v) is 17.3. The molecule has 4 atom stereocenters. The van der Waals surface area contributed by atoms with Crippen molar-refractivity contribution < 1.29 is 17.0 Å². The molecule has 4 unspecified atom stereocenters. The van der Waals surface area contributed by atoms with Crippen molar-refractivity contribution in [1.82, 2.24) is 4.57 Å². The molecule has 2 fully saturated rings. The van der Waals surface area contributed by atoms with Gasteiger partial charge < -0.3 is 22.6 Å². The van der Waals surface area contributed by atoms with Crippen molar-refractivity contribution >= 4 is 26.8 Å². The van der Waals surface area contributed by atoms with Crippen molar-refractivity contribution in [3.05, 3.63) is 78.3 Å². The molecule has 0 aromatic heterocycles. The predicted octanol–water partition coefficient (Wildman–Crippen LogP) is 6.94.